The van der Waals surface area contributed by atoms with Gasteiger partial charge in [0.25, 0.3) is 0 Å². The van der Waals surface area contributed by atoms with Crippen molar-refractivity contribution in [2.24, 2.45) is 47.3 Å². The van der Waals surface area contributed by atoms with E-state index in [-0.39, 0.29) is 0 Å². The average Bonchev–Trinajstić information content (AvgIpc) is 2.92. The van der Waals surface area contributed by atoms with Crippen LogP contribution in [0.1, 0.15) is 168 Å². The van der Waals surface area contributed by atoms with Gasteiger partial charge in [0.05, 0.1) is 0 Å². The van der Waals surface area contributed by atoms with E-state index in [0.29, 0.717) is 6.61 Å². The Morgan fingerprint density at radius 3 is 1.44 bits per heavy atom. The van der Waals surface area contributed by atoms with Gasteiger partial charge in [0.15, 0.2) is 0 Å². The van der Waals surface area contributed by atoms with Crippen molar-refractivity contribution in [1.29, 1.82) is 0 Å². The Morgan fingerprint density at radius 1 is 0.472 bits per heavy atom. The highest BCUT2D eigenvalue weighted by Crippen LogP contribution is 2.50. The minimum absolute atomic E-state index is 0.381. The number of rotatable bonds is 16. The summed E-state index contributed by atoms with van der Waals surface area (Å²) in [4.78, 5) is 0. The average molecular weight is 503 g/mol. The Hall–Kier alpha value is -0.0400. The van der Waals surface area contributed by atoms with E-state index in [4.69, 9.17) is 5.11 Å². The number of unbranched alkanes of at least 4 members (excludes halogenated alkanes) is 5. The van der Waals surface area contributed by atoms with Gasteiger partial charge in [-0.25, -0.2) is 0 Å². The smallest absolute Gasteiger partial charge is 0.0431 e. The van der Waals surface area contributed by atoms with Crippen LogP contribution in [0.4, 0.5) is 0 Å². The SMILES string of the molecule is CCCCCCC1CCC(CCC2CCC(C3CCC(CCCCCO)CC3CC)C(CC)C2)CC1. The highest BCUT2D eigenvalue weighted by molar-refractivity contribution is 4.90. The molecule has 0 bridgehead atoms. The van der Waals surface area contributed by atoms with Crippen molar-refractivity contribution in [2.45, 2.75) is 168 Å². The van der Waals surface area contributed by atoms with Gasteiger partial charge < -0.3 is 5.11 Å². The molecular formula is C35H66O. The number of aliphatic hydroxyl groups is 1. The molecule has 36 heavy (non-hydrogen) atoms. The molecule has 0 aromatic heterocycles. The molecular weight excluding hydrogens is 436 g/mol. The fourth-order valence-corrected chi connectivity index (χ4v) is 9.22. The van der Waals surface area contributed by atoms with Gasteiger partial charge in [-0.15, -0.1) is 0 Å². The van der Waals surface area contributed by atoms with Crippen molar-refractivity contribution in [3.8, 4) is 0 Å². The number of hydrogen-bond donors (Lipinski definition) is 1. The maximum Gasteiger partial charge on any atom is 0.0431 e. The van der Waals surface area contributed by atoms with E-state index < -0.39 is 0 Å². The largest absolute Gasteiger partial charge is 0.396 e. The molecule has 3 saturated carbocycles. The first kappa shape index (κ1) is 30.5. The van der Waals surface area contributed by atoms with E-state index in [1.54, 1.807) is 57.8 Å². The first-order valence-electron chi connectivity index (χ1n) is 17.3. The van der Waals surface area contributed by atoms with E-state index in [2.05, 4.69) is 20.8 Å². The molecule has 0 spiro atoms. The zero-order valence-corrected chi connectivity index (χ0v) is 25.0. The Balaban J connectivity index is 1.36. The minimum Gasteiger partial charge on any atom is -0.396 e. The van der Waals surface area contributed by atoms with Crippen LogP contribution in [0.2, 0.25) is 0 Å². The maximum atomic E-state index is 9.08. The molecule has 0 amide bonds. The monoisotopic (exact) mass is 503 g/mol. The van der Waals surface area contributed by atoms with Crippen LogP contribution in [0.25, 0.3) is 0 Å². The van der Waals surface area contributed by atoms with Gasteiger partial charge in [-0.3, -0.25) is 0 Å². The highest BCUT2D eigenvalue weighted by Gasteiger charge is 2.40. The molecule has 1 heteroatoms. The molecule has 0 aliphatic heterocycles. The van der Waals surface area contributed by atoms with E-state index in [1.807, 2.05) is 0 Å². The lowest BCUT2D eigenvalue weighted by molar-refractivity contribution is 0.0374. The lowest BCUT2D eigenvalue weighted by Gasteiger charge is -2.46. The molecule has 0 radical (unpaired) electrons. The zero-order chi connectivity index (χ0) is 25.6. The summed E-state index contributed by atoms with van der Waals surface area (Å²) in [5.74, 6) is 8.23. The third-order valence-electron chi connectivity index (χ3n) is 11.6. The molecule has 1 nitrogen and oxygen atoms in total. The Labute approximate surface area is 227 Å². The van der Waals surface area contributed by atoms with Crippen LogP contribution < -0.4 is 0 Å². The quantitative estimate of drug-likeness (QED) is 0.208. The maximum absolute atomic E-state index is 9.08. The summed E-state index contributed by atoms with van der Waals surface area (Å²) in [6, 6.07) is 0. The summed E-state index contributed by atoms with van der Waals surface area (Å²) in [6.07, 6.45) is 33.7. The first-order chi connectivity index (χ1) is 17.7. The molecule has 0 heterocycles. The molecule has 3 rings (SSSR count). The van der Waals surface area contributed by atoms with Crippen molar-refractivity contribution in [3.05, 3.63) is 0 Å². The van der Waals surface area contributed by atoms with Gasteiger partial charge >= 0.3 is 0 Å². The van der Waals surface area contributed by atoms with Crippen LogP contribution in [0.5, 0.6) is 0 Å². The predicted octanol–water partition coefficient (Wildman–Crippen LogP) is 11.0. The van der Waals surface area contributed by atoms with Crippen LogP contribution >= 0.6 is 0 Å². The Bertz CT molecular complexity index is 535. The van der Waals surface area contributed by atoms with Gasteiger partial charge in [-0.2, -0.15) is 0 Å². The Kier molecular flexibility index (Phi) is 14.9. The van der Waals surface area contributed by atoms with Crippen LogP contribution in [-0.2, 0) is 0 Å². The molecule has 212 valence electrons. The van der Waals surface area contributed by atoms with Crippen LogP contribution in [0.15, 0.2) is 0 Å². The van der Waals surface area contributed by atoms with Crippen LogP contribution in [0, 0.1) is 47.3 Å². The van der Waals surface area contributed by atoms with E-state index in [9.17, 15) is 0 Å². The molecule has 0 aromatic rings. The van der Waals surface area contributed by atoms with Crippen molar-refractivity contribution in [2.75, 3.05) is 6.61 Å². The van der Waals surface area contributed by atoms with Crippen molar-refractivity contribution in [1.82, 2.24) is 0 Å². The summed E-state index contributed by atoms with van der Waals surface area (Å²) in [6.45, 7) is 7.71. The summed E-state index contributed by atoms with van der Waals surface area (Å²) >= 11 is 0. The van der Waals surface area contributed by atoms with Gasteiger partial charge in [0.1, 0.15) is 0 Å². The van der Waals surface area contributed by atoms with Crippen molar-refractivity contribution >= 4 is 0 Å². The van der Waals surface area contributed by atoms with Crippen molar-refractivity contribution < 1.29 is 5.11 Å². The minimum atomic E-state index is 0.381. The predicted molar refractivity (Wildman–Crippen MR) is 158 cm³/mol. The van der Waals surface area contributed by atoms with Gasteiger partial charge in [0, 0.05) is 6.61 Å². The van der Waals surface area contributed by atoms with E-state index in [0.717, 1.165) is 53.8 Å². The van der Waals surface area contributed by atoms with Gasteiger partial charge in [0.2, 0.25) is 0 Å². The number of aliphatic hydroxyl groups excluding tert-OH is 1. The highest BCUT2D eigenvalue weighted by atomic mass is 16.2. The molecule has 6 unspecified atom stereocenters. The molecule has 0 saturated heterocycles. The summed E-state index contributed by atoms with van der Waals surface area (Å²) in [5, 5.41) is 9.08. The third kappa shape index (κ3) is 9.93. The molecule has 1 N–H and O–H groups in total. The molecule has 0 aromatic carbocycles. The third-order valence-corrected chi connectivity index (χ3v) is 11.6. The summed E-state index contributed by atoms with van der Waals surface area (Å²) < 4.78 is 0. The van der Waals surface area contributed by atoms with Gasteiger partial charge in [-0.05, 0) is 79.4 Å². The van der Waals surface area contributed by atoms with E-state index in [1.165, 1.54) is 83.5 Å². The zero-order valence-electron chi connectivity index (χ0n) is 25.0. The number of hydrogen-bond acceptors (Lipinski definition) is 1. The topological polar surface area (TPSA) is 20.2 Å². The van der Waals surface area contributed by atoms with Crippen molar-refractivity contribution in [3.63, 3.8) is 0 Å². The standard InChI is InChI=1S/C35H66O/c1-4-7-8-10-13-28-15-17-29(18-16-28)19-20-31-22-24-35(33(6-3)27-31)34-23-21-30(26-32(34)5-2)14-11-9-12-25-36/h28-36H,4-27H2,1-3H3. The summed E-state index contributed by atoms with van der Waals surface area (Å²) in [5.41, 5.74) is 0. The molecule has 3 aliphatic carbocycles. The normalized spacial score (nSPS) is 35.7. The molecule has 6 atom stereocenters. The first-order valence-corrected chi connectivity index (χ1v) is 17.3. The molecule has 3 aliphatic rings. The Morgan fingerprint density at radius 2 is 0.917 bits per heavy atom. The second-order valence-electron chi connectivity index (χ2n) is 13.9. The fraction of sp³-hybridized carbons (Fsp3) is 1.00. The van der Waals surface area contributed by atoms with Gasteiger partial charge in [-0.1, -0.05) is 136 Å². The lowest BCUT2D eigenvalue weighted by Crippen LogP contribution is -2.37. The summed E-state index contributed by atoms with van der Waals surface area (Å²) in [7, 11) is 0. The van der Waals surface area contributed by atoms with E-state index >= 15 is 0 Å². The second-order valence-corrected chi connectivity index (χ2v) is 13.9. The van der Waals surface area contributed by atoms with Crippen LogP contribution in [-0.4, -0.2) is 11.7 Å². The molecule has 3 fully saturated rings. The fourth-order valence-electron chi connectivity index (χ4n) is 9.22. The lowest BCUT2D eigenvalue weighted by atomic mass is 9.59. The second kappa shape index (κ2) is 17.5. The van der Waals surface area contributed by atoms with Crippen LogP contribution in [0.3, 0.4) is 0 Å².